The Bertz CT molecular complexity index is 1330. The number of nitrogens with zero attached hydrogens (tertiary/aromatic N) is 1. The fourth-order valence-electron chi connectivity index (χ4n) is 3.73. The molecule has 0 heterocycles. The summed E-state index contributed by atoms with van der Waals surface area (Å²) in [6, 6.07) is 15.2. The normalized spacial score (nSPS) is 12.8. The van der Waals surface area contributed by atoms with Gasteiger partial charge in [0.15, 0.2) is 0 Å². The van der Waals surface area contributed by atoms with Gasteiger partial charge < -0.3 is 5.32 Å². The molecule has 0 radical (unpaired) electrons. The molecule has 3 aromatic rings. The highest BCUT2D eigenvalue weighted by molar-refractivity contribution is 7.92. The third-order valence-corrected chi connectivity index (χ3v) is 7.55. The smallest absolute Gasteiger partial charge is 0.348 e. The molecule has 186 valence electrons. The molecular formula is C25H24ClF3N2O3S. The van der Waals surface area contributed by atoms with Crippen molar-refractivity contribution >= 4 is 33.2 Å². The van der Waals surface area contributed by atoms with E-state index in [-0.39, 0.29) is 10.6 Å². The van der Waals surface area contributed by atoms with Crippen LogP contribution in [0, 0.1) is 13.8 Å². The average Bonchev–Trinajstić information content (AvgIpc) is 2.77. The van der Waals surface area contributed by atoms with Crippen LogP contribution < -0.4 is 9.62 Å². The van der Waals surface area contributed by atoms with E-state index in [9.17, 15) is 26.4 Å². The lowest BCUT2D eigenvalue weighted by molar-refractivity contribution is -0.137. The second kappa shape index (κ2) is 10.3. The quantitative estimate of drug-likeness (QED) is 0.409. The monoisotopic (exact) mass is 524 g/mol. The summed E-state index contributed by atoms with van der Waals surface area (Å²) in [6.07, 6.45) is -4.81. The minimum atomic E-state index is -4.81. The first-order valence-electron chi connectivity index (χ1n) is 10.6. The summed E-state index contributed by atoms with van der Waals surface area (Å²) in [5.74, 6) is -0.680. The van der Waals surface area contributed by atoms with Crippen molar-refractivity contribution in [2.75, 3.05) is 10.8 Å². The van der Waals surface area contributed by atoms with Gasteiger partial charge in [-0.2, -0.15) is 13.2 Å². The molecule has 0 aromatic heterocycles. The Balaban J connectivity index is 1.99. The lowest BCUT2D eigenvalue weighted by Crippen LogP contribution is -2.41. The van der Waals surface area contributed by atoms with Crippen LogP contribution in [0.3, 0.4) is 0 Å². The molecule has 0 spiro atoms. The number of carbonyl (C=O) groups excluding carboxylic acids is 1. The number of hydrogen-bond donors (Lipinski definition) is 1. The number of amides is 1. The van der Waals surface area contributed by atoms with E-state index in [2.05, 4.69) is 5.32 Å². The van der Waals surface area contributed by atoms with Crippen LogP contribution in [0.15, 0.2) is 71.6 Å². The summed E-state index contributed by atoms with van der Waals surface area (Å²) in [4.78, 5) is 12.8. The summed E-state index contributed by atoms with van der Waals surface area (Å²) in [7, 11) is -4.38. The molecule has 0 aliphatic carbocycles. The second-order valence-electron chi connectivity index (χ2n) is 8.14. The van der Waals surface area contributed by atoms with Crippen molar-refractivity contribution in [1.29, 1.82) is 0 Å². The molecule has 0 aliphatic rings. The molecular weight excluding hydrogens is 501 g/mol. The third-order valence-electron chi connectivity index (χ3n) is 5.43. The Morgan fingerprint density at radius 3 is 2.29 bits per heavy atom. The lowest BCUT2D eigenvalue weighted by atomic mass is 10.0. The summed E-state index contributed by atoms with van der Waals surface area (Å²) < 4.78 is 67.8. The number of alkyl halides is 3. The van der Waals surface area contributed by atoms with Crippen LogP contribution in [0.25, 0.3) is 0 Å². The van der Waals surface area contributed by atoms with Crippen molar-refractivity contribution in [3.8, 4) is 0 Å². The van der Waals surface area contributed by atoms with Gasteiger partial charge in [0, 0.05) is 0 Å². The Morgan fingerprint density at radius 1 is 1.03 bits per heavy atom. The summed E-state index contributed by atoms with van der Waals surface area (Å²) in [6.45, 7) is 4.85. The molecule has 1 atom stereocenters. The Hall–Kier alpha value is -3.04. The SMILES string of the molecule is Cc1ccc([C@H](C)NC(=O)CN(c2ccc(Cl)c(C(F)(F)F)c2)S(=O)(=O)c2ccccc2)c(C)c1. The summed E-state index contributed by atoms with van der Waals surface area (Å²) >= 11 is 5.72. The molecule has 1 N–H and O–H groups in total. The lowest BCUT2D eigenvalue weighted by Gasteiger charge is -2.26. The Kier molecular flexibility index (Phi) is 7.81. The van der Waals surface area contributed by atoms with Crippen molar-refractivity contribution in [1.82, 2.24) is 5.32 Å². The highest BCUT2D eigenvalue weighted by Crippen LogP contribution is 2.38. The average molecular weight is 525 g/mol. The molecule has 0 bridgehead atoms. The van der Waals surface area contributed by atoms with Crippen molar-refractivity contribution < 1.29 is 26.4 Å². The number of carbonyl (C=O) groups is 1. The third kappa shape index (κ3) is 6.15. The van der Waals surface area contributed by atoms with E-state index in [0.717, 1.165) is 28.8 Å². The molecule has 10 heteroatoms. The molecule has 1 amide bonds. The number of halogens is 4. The zero-order valence-electron chi connectivity index (χ0n) is 19.2. The largest absolute Gasteiger partial charge is 0.417 e. The molecule has 0 saturated carbocycles. The Morgan fingerprint density at radius 2 is 1.69 bits per heavy atom. The number of sulfonamides is 1. The minimum Gasteiger partial charge on any atom is -0.348 e. The Labute approximate surface area is 207 Å². The van der Waals surface area contributed by atoms with Gasteiger partial charge in [0.25, 0.3) is 10.0 Å². The maximum absolute atomic E-state index is 13.5. The van der Waals surface area contributed by atoms with E-state index in [1.165, 1.54) is 24.3 Å². The van der Waals surface area contributed by atoms with Crippen LogP contribution in [-0.4, -0.2) is 20.9 Å². The van der Waals surface area contributed by atoms with E-state index >= 15 is 0 Å². The van der Waals surface area contributed by atoms with Crippen molar-refractivity contribution in [3.05, 3.63) is 94.0 Å². The fourth-order valence-corrected chi connectivity index (χ4v) is 5.39. The van der Waals surface area contributed by atoms with Crippen molar-refractivity contribution in [2.24, 2.45) is 0 Å². The highest BCUT2D eigenvalue weighted by Gasteiger charge is 2.35. The van der Waals surface area contributed by atoms with E-state index in [4.69, 9.17) is 11.6 Å². The molecule has 5 nitrogen and oxygen atoms in total. The van der Waals surface area contributed by atoms with Gasteiger partial charge >= 0.3 is 6.18 Å². The van der Waals surface area contributed by atoms with Crippen molar-refractivity contribution in [3.63, 3.8) is 0 Å². The van der Waals surface area contributed by atoms with Gasteiger partial charge in [0.05, 0.1) is 27.2 Å². The van der Waals surface area contributed by atoms with Gasteiger partial charge in [-0.15, -0.1) is 0 Å². The molecule has 35 heavy (non-hydrogen) atoms. The molecule has 3 rings (SSSR count). The topological polar surface area (TPSA) is 66.5 Å². The van der Waals surface area contributed by atoms with E-state index in [1.807, 2.05) is 32.0 Å². The molecule has 3 aromatic carbocycles. The van der Waals surface area contributed by atoms with Crippen LogP contribution in [-0.2, 0) is 21.0 Å². The minimum absolute atomic E-state index is 0.168. The van der Waals surface area contributed by atoms with Crippen LogP contribution in [0.5, 0.6) is 0 Å². The van der Waals surface area contributed by atoms with Gasteiger partial charge in [-0.25, -0.2) is 8.42 Å². The number of nitrogens with one attached hydrogen (secondary N) is 1. The zero-order chi connectivity index (χ0) is 26.0. The predicted octanol–water partition coefficient (Wildman–Crippen LogP) is 6.05. The molecule has 0 saturated heterocycles. The zero-order valence-corrected chi connectivity index (χ0v) is 20.8. The van der Waals surface area contributed by atoms with Crippen molar-refractivity contribution in [2.45, 2.75) is 37.9 Å². The summed E-state index contributed by atoms with van der Waals surface area (Å²) in [5, 5.41) is 2.17. The first-order valence-corrected chi connectivity index (χ1v) is 12.4. The van der Waals surface area contributed by atoms with Gasteiger partial charge in [0.1, 0.15) is 6.54 Å². The number of aryl methyl sites for hydroxylation is 2. The maximum atomic E-state index is 13.5. The maximum Gasteiger partial charge on any atom is 0.417 e. The van der Waals surface area contributed by atoms with Crippen LogP contribution in [0.1, 0.15) is 35.2 Å². The molecule has 0 unspecified atom stereocenters. The van der Waals surface area contributed by atoms with Gasteiger partial charge in [0.2, 0.25) is 5.91 Å². The number of rotatable bonds is 7. The number of hydrogen-bond acceptors (Lipinski definition) is 3. The van der Waals surface area contributed by atoms with Crippen LogP contribution in [0.2, 0.25) is 5.02 Å². The number of benzene rings is 3. The first kappa shape index (κ1) is 26.6. The fraction of sp³-hybridized carbons (Fsp3) is 0.240. The number of anilines is 1. The van der Waals surface area contributed by atoms with E-state index in [1.54, 1.807) is 13.0 Å². The van der Waals surface area contributed by atoms with Gasteiger partial charge in [-0.05, 0) is 62.2 Å². The van der Waals surface area contributed by atoms with Gasteiger partial charge in [-0.3, -0.25) is 9.10 Å². The second-order valence-corrected chi connectivity index (χ2v) is 10.4. The molecule has 0 fully saturated rings. The standard InChI is InChI=1S/C25H24ClF3N2O3S/c1-16-9-11-21(17(2)13-16)18(3)30-24(32)15-31(35(33,34)20-7-5-4-6-8-20)19-10-12-23(26)22(14-19)25(27,28)29/h4-14,18H,15H2,1-3H3,(H,30,32)/t18-/m0/s1. The van der Waals surface area contributed by atoms with E-state index < -0.39 is 45.3 Å². The highest BCUT2D eigenvalue weighted by atomic mass is 35.5. The van der Waals surface area contributed by atoms with E-state index in [0.29, 0.717) is 10.4 Å². The summed E-state index contributed by atoms with van der Waals surface area (Å²) in [5.41, 5.74) is 1.30. The predicted molar refractivity (Wildman–Crippen MR) is 130 cm³/mol. The molecule has 0 aliphatic heterocycles. The van der Waals surface area contributed by atoms with Crippen LogP contribution in [0.4, 0.5) is 18.9 Å². The van der Waals surface area contributed by atoms with Crippen LogP contribution >= 0.6 is 11.6 Å². The van der Waals surface area contributed by atoms with Gasteiger partial charge in [-0.1, -0.05) is 53.6 Å². The first-order chi connectivity index (χ1) is 16.3.